The van der Waals surface area contributed by atoms with Crippen molar-refractivity contribution >= 4 is 17.6 Å². The van der Waals surface area contributed by atoms with Crippen LogP contribution in [0.3, 0.4) is 0 Å². The molecule has 0 aliphatic heterocycles. The molecule has 0 aliphatic carbocycles. The van der Waals surface area contributed by atoms with E-state index < -0.39 is 5.82 Å². The fourth-order valence-electron chi connectivity index (χ4n) is 2.28. The molecule has 0 radical (unpaired) electrons. The maximum atomic E-state index is 13.7. The van der Waals surface area contributed by atoms with Crippen LogP contribution in [-0.2, 0) is 16.0 Å². The van der Waals surface area contributed by atoms with E-state index in [1.807, 2.05) is 24.3 Å². The highest BCUT2D eigenvalue weighted by Gasteiger charge is 2.09. The van der Waals surface area contributed by atoms with Crippen LogP contribution in [0.1, 0.15) is 5.69 Å². The predicted molar refractivity (Wildman–Crippen MR) is 94.7 cm³/mol. The van der Waals surface area contributed by atoms with E-state index in [9.17, 15) is 9.18 Å². The van der Waals surface area contributed by atoms with E-state index in [-0.39, 0.29) is 23.3 Å². The number of halogens is 2. The van der Waals surface area contributed by atoms with E-state index >= 15 is 0 Å². The summed E-state index contributed by atoms with van der Waals surface area (Å²) in [6.07, 6.45) is 3.05. The minimum atomic E-state index is -0.636. The topological polar surface area (TPSA) is 61.3 Å². The number of benzene rings is 1. The SMILES string of the molecule is COC(=O)Cc1cc(-c2ccc(Oc3ncc(Cl)cc3F)cc2)ccn1. The Morgan fingerprint density at radius 3 is 2.58 bits per heavy atom. The molecule has 132 valence electrons. The van der Waals surface area contributed by atoms with Crippen LogP contribution in [0.2, 0.25) is 5.02 Å². The zero-order valence-corrected chi connectivity index (χ0v) is 14.5. The smallest absolute Gasteiger partial charge is 0.311 e. The normalized spacial score (nSPS) is 10.4. The lowest BCUT2D eigenvalue weighted by Gasteiger charge is -2.08. The van der Waals surface area contributed by atoms with E-state index in [1.165, 1.54) is 13.3 Å². The number of rotatable bonds is 5. The molecule has 3 aromatic rings. The van der Waals surface area contributed by atoms with Crippen LogP contribution in [0.25, 0.3) is 11.1 Å². The van der Waals surface area contributed by atoms with Crippen LogP contribution in [0.5, 0.6) is 11.6 Å². The number of pyridine rings is 2. The van der Waals surface area contributed by atoms with Gasteiger partial charge in [-0.15, -0.1) is 0 Å². The highest BCUT2D eigenvalue weighted by atomic mass is 35.5. The molecule has 0 fully saturated rings. The lowest BCUT2D eigenvalue weighted by atomic mass is 10.1. The second-order valence-electron chi connectivity index (χ2n) is 5.36. The molecule has 0 saturated carbocycles. The lowest BCUT2D eigenvalue weighted by molar-refractivity contribution is -0.139. The van der Waals surface area contributed by atoms with E-state index in [2.05, 4.69) is 14.7 Å². The third-order valence-electron chi connectivity index (χ3n) is 3.55. The third-order valence-corrected chi connectivity index (χ3v) is 3.75. The monoisotopic (exact) mass is 372 g/mol. The molecule has 0 saturated heterocycles. The number of carbonyl (C=O) groups is 1. The Morgan fingerprint density at radius 1 is 1.12 bits per heavy atom. The zero-order valence-electron chi connectivity index (χ0n) is 13.8. The molecule has 5 nitrogen and oxygen atoms in total. The number of nitrogens with zero attached hydrogens (tertiary/aromatic N) is 2. The molecule has 7 heteroatoms. The molecule has 2 aromatic heterocycles. The van der Waals surface area contributed by atoms with Gasteiger partial charge in [0.05, 0.1) is 24.2 Å². The maximum Gasteiger partial charge on any atom is 0.311 e. The van der Waals surface area contributed by atoms with Gasteiger partial charge in [-0.3, -0.25) is 9.78 Å². The van der Waals surface area contributed by atoms with Crippen molar-refractivity contribution in [2.24, 2.45) is 0 Å². The average Bonchev–Trinajstić information content (AvgIpc) is 2.65. The number of methoxy groups -OCH3 is 1. The quantitative estimate of drug-likeness (QED) is 0.619. The number of carbonyl (C=O) groups excluding carboxylic acids is 1. The van der Waals surface area contributed by atoms with E-state index in [1.54, 1.807) is 18.3 Å². The Morgan fingerprint density at radius 2 is 1.88 bits per heavy atom. The second-order valence-corrected chi connectivity index (χ2v) is 5.79. The van der Waals surface area contributed by atoms with Crippen molar-refractivity contribution in [2.45, 2.75) is 6.42 Å². The van der Waals surface area contributed by atoms with Gasteiger partial charge in [-0.05, 0) is 41.5 Å². The Balaban J connectivity index is 1.77. The van der Waals surface area contributed by atoms with Gasteiger partial charge in [0.2, 0.25) is 0 Å². The summed E-state index contributed by atoms with van der Waals surface area (Å²) in [7, 11) is 1.34. The maximum absolute atomic E-state index is 13.7. The van der Waals surface area contributed by atoms with Crippen LogP contribution in [0, 0.1) is 5.82 Å². The van der Waals surface area contributed by atoms with Crippen molar-refractivity contribution in [1.82, 2.24) is 9.97 Å². The fourth-order valence-corrected chi connectivity index (χ4v) is 2.42. The van der Waals surface area contributed by atoms with Crippen LogP contribution in [0.15, 0.2) is 54.9 Å². The van der Waals surface area contributed by atoms with Gasteiger partial charge in [0, 0.05) is 12.4 Å². The van der Waals surface area contributed by atoms with Crippen LogP contribution >= 0.6 is 11.6 Å². The number of hydrogen-bond acceptors (Lipinski definition) is 5. The first-order valence-electron chi connectivity index (χ1n) is 7.66. The van der Waals surface area contributed by atoms with Gasteiger partial charge in [-0.25, -0.2) is 9.37 Å². The van der Waals surface area contributed by atoms with E-state index in [0.29, 0.717) is 11.4 Å². The Labute approximate surface area is 154 Å². The largest absolute Gasteiger partial charge is 0.469 e. The molecule has 0 unspecified atom stereocenters. The van der Waals surface area contributed by atoms with Gasteiger partial charge in [0.1, 0.15) is 5.75 Å². The molecule has 0 spiro atoms. The fraction of sp³-hybridized carbons (Fsp3) is 0.105. The van der Waals surface area contributed by atoms with E-state index in [4.69, 9.17) is 16.3 Å². The van der Waals surface area contributed by atoms with Crippen LogP contribution in [0.4, 0.5) is 4.39 Å². The Hall–Kier alpha value is -2.99. The van der Waals surface area contributed by atoms with Crippen LogP contribution in [-0.4, -0.2) is 23.0 Å². The first-order valence-corrected chi connectivity index (χ1v) is 8.04. The summed E-state index contributed by atoms with van der Waals surface area (Å²) < 4.78 is 23.8. The summed E-state index contributed by atoms with van der Waals surface area (Å²) in [5.41, 5.74) is 2.40. The molecule has 2 heterocycles. The predicted octanol–water partition coefficient (Wildman–Crippen LogP) is 4.44. The first kappa shape index (κ1) is 17.8. The molecule has 0 aliphatic rings. The van der Waals surface area contributed by atoms with Crippen molar-refractivity contribution in [3.63, 3.8) is 0 Å². The summed E-state index contributed by atoms with van der Waals surface area (Å²) in [5.74, 6) is -0.697. The van der Waals surface area contributed by atoms with Crippen LogP contribution < -0.4 is 4.74 Å². The Kier molecular flexibility index (Phi) is 5.43. The van der Waals surface area contributed by atoms with Crippen molar-refractivity contribution in [3.8, 4) is 22.8 Å². The molecular formula is C19H14ClFN2O3. The molecule has 3 rings (SSSR count). The summed E-state index contributed by atoms with van der Waals surface area (Å²) in [6.45, 7) is 0. The van der Waals surface area contributed by atoms with Gasteiger partial charge in [0.15, 0.2) is 5.82 Å². The molecule has 0 amide bonds. The molecule has 26 heavy (non-hydrogen) atoms. The molecule has 0 N–H and O–H groups in total. The minimum Gasteiger partial charge on any atom is -0.469 e. The molecule has 0 atom stereocenters. The summed E-state index contributed by atoms with van der Waals surface area (Å²) in [5, 5.41) is 0.200. The van der Waals surface area contributed by atoms with Gasteiger partial charge < -0.3 is 9.47 Å². The highest BCUT2D eigenvalue weighted by Crippen LogP contribution is 2.27. The highest BCUT2D eigenvalue weighted by molar-refractivity contribution is 6.30. The number of esters is 1. The molecule has 1 aromatic carbocycles. The zero-order chi connectivity index (χ0) is 18.5. The van der Waals surface area contributed by atoms with Crippen molar-refractivity contribution in [2.75, 3.05) is 7.11 Å². The first-order chi connectivity index (χ1) is 12.5. The van der Waals surface area contributed by atoms with Gasteiger partial charge in [-0.1, -0.05) is 23.7 Å². The van der Waals surface area contributed by atoms with Crippen molar-refractivity contribution in [3.05, 3.63) is 71.4 Å². The summed E-state index contributed by atoms with van der Waals surface area (Å²) >= 11 is 5.67. The minimum absolute atomic E-state index is 0.104. The second kappa shape index (κ2) is 7.93. The van der Waals surface area contributed by atoms with Gasteiger partial charge in [0.25, 0.3) is 5.88 Å². The Bertz CT molecular complexity index is 932. The standard InChI is InChI=1S/C19H14ClFN2O3/c1-25-18(24)10-15-8-13(6-7-22-15)12-2-4-16(5-3-12)26-19-17(21)9-14(20)11-23-19/h2-9,11H,10H2,1H3. The molecule has 0 bridgehead atoms. The van der Waals surface area contributed by atoms with Gasteiger partial charge in [-0.2, -0.15) is 0 Å². The average molecular weight is 373 g/mol. The number of aromatic nitrogens is 2. The third kappa shape index (κ3) is 4.34. The lowest BCUT2D eigenvalue weighted by Crippen LogP contribution is -2.05. The summed E-state index contributed by atoms with van der Waals surface area (Å²) in [6, 6.07) is 11.8. The summed E-state index contributed by atoms with van der Waals surface area (Å²) in [4.78, 5) is 19.3. The van der Waals surface area contributed by atoms with Gasteiger partial charge >= 0.3 is 5.97 Å². The van der Waals surface area contributed by atoms with E-state index in [0.717, 1.165) is 17.2 Å². The number of hydrogen-bond donors (Lipinski definition) is 0. The molecular weight excluding hydrogens is 359 g/mol. The van der Waals surface area contributed by atoms with Crippen molar-refractivity contribution < 1.29 is 18.7 Å². The van der Waals surface area contributed by atoms with Crippen molar-refractivity contribution in [1.29, 1.82) is 0 Å². The number of ether oxygens (including phenoxy) is 2.